The van der Waals surface area contributed by atoms with E-state index in [1.807, 2.05) is 24.4 Å². The Hall–Kier alpha value is -3.39. The lowest BCUT2D eigenvalue weighted by Crippen LogP contribution is -2.26. The standard InChI is InChI=1S/C22H23N3O4S/c1-14-5-4-6-15(9-14)22(27)25-18-10-16(11-19(28-2)20(18)29-3)21(26)23-8-7-17-12-30-13-24-17/h4-6,9-13H,7-8H2,1-3H3,(H,23,26)(H,25,27). The van der Waals surface area contributed by atoms with Gasteiger partial charge >= 0.3 is 0 Å². The lowest BCUT2D eigenvalue weighted by molar-refractivity contribution is 0.0952. The molecule has 0 saturated carbocycles. The molecule has 0 aliphatic heterocycles. The Kier molecular flexibility index (Phi) is 7.03. The SMILES string of the molecule is COc1cc(C(=O)NCCc2cscn2)cc(NC(=O)c2cccc(C)c2)c1OC. The van der Waals surface area contributed by atoms with E-state index in [0.717, 1.165) is 11.3 Å². The molecule has 0 atom stereocenters. The number of carbonyl (C=O) groups is 2. The van der Waals surface area contributed by atoms with Crippen molar-refractivity contribution in [3.05, 3.63) is 69.7 Å². The predicted molar refractivity (Wildman–Crippen MR) is 117 cm³/mol. The van der Waals surface area contributed by atoms with Crippen LogP contribution in [-0.2, 0) is 6.42 Å². The van der Waals surface area contributed by atoms with Crippen molar-refractivity contribution in [3.8, 4) is 11.5 Å². The molecule has 0 aliphatic rings. The van der Waals surface area contributed by atoms with Gasteiger partial charge < -0.3 is 20.1 Å². The second kappa shape index (κ2) is 9.89. The third kappa shape index (κ3) is 5.15. The van der Waals surface area contributed by atoms with Crippen LogP contribution in [-0.4, -0.2) is 37.6 Å². The molecular formula is C22H23N3O4S. The zero-order valence-corrected chi connectivity index (χ0v) is 17.8. The van der Waals surface area contributed by atoms with Crippen LogP contribution >= 0.6 is 11.3 Å². The highest BCUT2D eigenvalue weighted by molar-refractivity contribution is 7.07. The van der Waals surface area contributed by atoms with E-state index in [-0.39, 0.29) is 11.8 Å². The van der Waals surface area contributed by atoms with Crippen molar-refractivity contribution in [1.29, 1.82) is 0 Å². The minimum atomic E-state index is -0.305. The number of nitrogens with zero attached hydrogens (tertiary/aromatic N) is 1. The summed E-state index contributed by atoms with van der Waals surface area (Å²) < 4.78 is 10.8. The summed E-state index contributed by atoms with van der Waals surface area (Å²) in [6.45, 7) is 2.36. The van der Waals surface area contributed by atoms with Crippen molar-refractivity contribution in [3.63, 3.8) is 0 Å². The van der Waals surface area contributed by atoms with E-state index in [1.54, 1.807) is 29.8 Å². The van der Waals surface area contributed by atoms with Crippen molar-refractivity contribution in [2.75, 3.05) is 26.1 Å². The molecule has 1 heterocycles. The summed E-state index contributed by atoms with van der Waals surface area (Å²) in [4.78, 5) is 29.6. The van der Waals surface area contributed by atoms with E-state index in [1.165, 1.54) is 25.6 Å². The third-order valence-electron chi connectivity index (χ3n) is 4.42. The maximum atomic E-state index is 12.7. The van der Waals surface area contributed by atoms with Gasteiger partial charge in [0.05, 0.1) is 31.1 Å². The number of benzene rings is 2. The number of carbonyl (C=O) groups excluding carboxylic acids is 2. The Bertz CT molecular complexity index is 1030. The van der Waals surface area contributed by atoms with E-state index in [4.69, 9.17) is 9.47 Å². The van der Waals surface area contributed by atoms with Gasteiger partial charge in [-0.2, -0.15) is 0 Å². The molecule has 3 rings (SSSR count). The van der Waals surface area contributed by atoms with Crippen molar-refractivity contribution in [2.45, 2.75) is 13.3 Å². The summed E-state index contributed by atoms with van der Waals surface area (Å²) in [6.07, 6.45) is 0.638. The van der Waals surface area contributed by atoms with Gasteiger partial charge in [-0.05, 0) is 31.2 Å². The Balaban J connectivity index is 1.80. The van der Waals surface area contributed by atoms with Crippen LogP contribution in [0.3, 0.4) is 0 Å². The van der Waals surface area contributed by atoms with Crippen molar-refractivity contribution >= 4 is 28.8 Å². The average Bonchev–Trinajstić information content (AvgIpc) is 3.26. The number of aromatic nitrogens is 1. The molecule has 7 nitrogen and oxygen atoms in total. The van der Waals surface area contributed by atoms with Crippen LogP contribution < -0.4 is 20.1 Å². The van der Waals surface area contributed by atoms with Crippen LogP contribution in [0.25, 0.3) is 0 Å². The van der Waals surface area contributed by atoms with Crippen LogP contribution in [0.4, 0.5) is 5.69 Å². The number of amides is 2. The van der Waals surface area contributed by atoms with Crippen LogP contribution in [0.15, 0.2) is 47.3 Å². The molecule has 0 radical (unpaired) electrons. The normalized spacial score (nSPS) is 10.4. The van der Waals surface area contributed by atoms with E-state index in [2.05, 4.69) is 15.6 Å². The molecule has 0 fully saturated rings. The van der Waals surface area contributed by atoms with Gasteiger partial charge in [0, 0.05) is 29.5 Å². The highest BCUT2D eigenvalue weighted by atomic mass is 32.1. The number of nitrogens with one attached hydrogen (secondary N) is 2. The monoisotopic (exact) mass is 425 g/mol. The van der Waals surface area contributed by atoms with Crippen LogP contribution in [0.2, 0.25) is 0 Å². The van der Waals surface area contributed by atoms with Gasteiger partial charge in [-0.15, -0.1) is 11.3 Å². The fourth-order valence-corrected chi connectivity index (χ4v) is 3.53. The van der Waals surface area contributed by atoms with Crippen LogP contribution in [0.5, 0.6) is 11.5 Å². The molecule has 0 spiro atoms. The lowest BCUT2D eigenvalue weighted by Gasteiger charge is -2.16. The number of thiazole rings is 1. The van der Waals surface area contributed by atoms with Gasteiger partial charge in [0.2, 0.25) is 0 Å². The number of anilines is 1. The van der Waals surface area contributed by atoms with Gasteiger partial charge in [0.15, 0.2) is 11.5 Å². The van der Waals surface area contributed by atoms with Crippen molar-refractivity contribution in [2.24, 2.45) is 0 Å². The number of methoxy groups -OCH3 is 2. The van der Waals surface area contributed by atoms with Gasteiger partial charge in [-0.25, -0.2) is 4.98 Å². The topological polar surface area (TPSA) is 89.5 Å². The minimum absolute atomic E-state index is 0.280. The summed E-state index contributed by atoms with van der Waals surface area (Å²) in [7, 11) is 2.96. The first-order valence-corrected chi connectivity index (χ1v) is 10.3. The molecule has 30 heavy (non-hydrogen) atoms. The highest BCUT2D eigenvalue weighted by Crippen LogP contribution is 2.37. The lowest BCUT2D eigenvalue weighted by atomic mass is 10.1. The predicted octanol–water partition coefficient (Wildman–Crippen LogP) is 3.69. The first-order valence-electron chi connectivity index (χ1n) is 9.31. The van der Waals surface area contributed by atoms with E-state index in [9.17, 15) is 9.59 Å². The van der Waals surface area contributed by atoms with E-state index < -0.39 is 0 Å². The zero-order chi connectivity index (χ0) is 21.5. The largest absolute Gasteiger partial charge is 0.493 e. The minimum Gasteiger partial charge on any atom is -0.493 e. The van der Waals surface area contributed by atoms with Gasteiger partial charge in [0.25, 0.3) is 11.8 Å². The molecule has 156 valence electrons. The molecule has 1 aromatic heterocycles. The number of hydrogen-bond acceptors (Lipinski definition) is 6. The molecule has 8 heteroatoms. The summed E-state index contributed by atoms with van der Waals surface area (Å²) in [5, 5.41) is 7.63. The molecule has 0 aliphatic carbocycles. The first kappa shape index (κ1) is 21.3. The maximum absolute atomic E-state index is 12.7. The summed E-state index contributed by atoms with van der Waals surface area (Å²) in [6, 6.07) is 10.4. The molecule has 0 bridgehead atoms. The first-order chi connectivity index (χ1) is 14.5. The third-order valence-corrected chi connectivity index (χ3v) is 5.05. The smallest absolute Gasteiger partial charge is 0.255 e. The summed E-state index contributed by atoms with van der Waals surface area (Å²) >= 11 is 1.52. The van der Waals surface area contributed by atoms with Crippen molar-refractivity contribution in [1.82, 2.24) is 10.3 Å². The second-order valence-corrected chi connectivity index (χ2v) is 7.29. The number of aryl methyl sites for hydroxylation is 1. The Morgan fingerprint density at radius 1 is 1.07 bits per heavy atom. The molecule has 3 aromatic rings. The second-order valence-electron chi connectivity index (χ2n) is 6.57. The average molecular weight is 426 g/mol. The Labute approximate surface area is 179 Å². The molecule has 0 saturated heterocycles. The summed E-state index contributed by atoms with van der Waals surface area (Å²) in [5.41, 5.74) is 4.88. The highest BCUT2D eigenvalue weighted by Gasteiger charge is 2.18. The van der Waals surface area contributed by atoms with E-state index in [0.29, 0.717) is 41.3 Å². The van der Waals surface area contributed by atoms with E-state index >= 15 is 0 Å². The Morgan fingerprint density at radius 3 is 2.57 bits per heavy atom. The van der Waals surface area contributed by atoms with Crippen molar-refractivity contribution < 1.29 is 19.1 Å². The molecule has 2 N–H and O–H groups in total. The van der Waals surface area contributed by atoms with Gasteiger partial charge in [-0.1, -0.05) is 17.7 Å². The Morgan fingerprint density at radius 2 is 1.90 bits per heavy atom. The van der Waals surface area contributed by atoms with Gasteiger partial charge in [0.1, 0.15) is 0 Å². The van der Waals surface area contributed by atoms with Crippen LogP contribution in [0, 0.1) is 6.92 Å². The fourth-order valence-electron chi connectivity index (χ4n) is 2.94. The number of rotatable bonds is 8. The zero-order valence-electron chi connectivity index (χ0n) is 17.0. The fraction of sp³-hybridized carbons (Fsp3) is 0.227. The quantitative estimate of drug-likeness (QED) is 0.575. The van der Waals surface area contributed by atoms with Gasteiger partial charge in [-0.3, -0.25) is 9.59 Å². The maximum Gasteiger partial charge on any atom is 0.255 e. The van der Waals surface area contributed by atoms with Crippen LogP contribution in [0.1, 0.15) is 32.0 Å². The molecular weight excluding hydrogens is 402 g/mol. The molecule has 2 aromatic carbocycles. The number of hydrogen-bond donors (Lipinski definition) is 2. The summed E-state index contributed by atoms with van der Waals surface area (Å²) in [5.74, 6) is 0.110. The molecule has 0 unspecified atom stereocenters. The molecule has 2 amide bonds. The number of ether oxygens (including phenoxy) is 2.